The standard InChI is InChI=1S/C11H15N5O7S/c1-24(21,22)11-13-4-7(14-10(12)15-8(4)20)16(11)9-6(19)5(18)3(2-17)23-9/h3,5-6,9,17-19H,2H2,1H3,(H3,12,14,15,20)/t3-,5-,6-,9-/m1/s1. The molecule has 132 valence electrons. The molecule has 0 aliphatic carbocycles. The molecule has 4 atom stereocenters. The molecular weight excluding hydrogens is 346 g/mol. The number of H-pyrrole nitrogens is 1. The van der Waals surface area contributed by atoms with Crippen LogP contribution in [0, 0.1) is 0 Å². The number of aromatic nitrogens is 4. The molecule has 0 spiro atoms. The summed E-state index contributed by atoms with van der Waals surface area (Å²) >= 11 is 0. The van der Waals surface area contributed by atoms with Crippen molar-refractivity contribution in [2.75, 3.05) is 18.6 Å². The summed E-state index contributed by atoms with van der Waals surface area (Å²) in [6.45, 7) is -0.605. The average molecular weight is 361 g/mol. The maximum absolute atomic E-state index is 12.0. The molecule has 1 aliphatic heterocycles. The van der Waals surface area contributed by atoms with E-state index >= 15 is 0 Å². The largest absolute Gasteiger partial charge is 0.394 e. The molecular formula is C11H15N5O7S. The van der Waals surface area contributed by atoms with Crippen molar-refractivity contribution < 1.29 is 28.5 Å². The molecule has 3 heterocycles. The highest BCUT2D eigenvalue weighted by atomic mass is 32.2. The zero-order chi connectivity index (χ0) is 17.8. The van der Waals surface area contributed by atoms with E-state index in [2.05, 4.69) is 15.0 Å². The summed E-state index contributed by atoms with van der Waals surface area (Å²) < 4.78 is 30.2. The molecule has 0 bridgehead atoms. The maximum Gasteiger partial charge on any atom is 0.280 e. The second kappa shape index (κ2) is 5.49. The van der Waals surface area contributed by atoms with Gasteiger partial charge in [-0.25, -0.2) is 13.4 Å². The molecule has 12 nitrogen and oxygen atoms in total. The topological polar surface area (TPSA) is 194 Å². The fourth-order valence-corrected chi connectivity index (χ4v) is 3.37. The number of imidazole rings is 1. The molecule has 6 N–H and O–H groups in total. The van der Waals surface area contributed by atoms with Crippen molar-refractivity contribution in [3.8, 4) is 0 Å². The molecule has 2 aromatic heterocycles. The Morgan fingerprint density at radius 2 is 2.00 bits per heavy atom. The highest BCUT2D eigenvalue weighted by Gasteiger charge is 2.45. The van der Waals surface area contributed by atoms with E-state index in [0.717, 1.165) is 10.8 Å². The first-order valence-corrected chi connectivity index (χ1v) is 8.64. The summed E-state index contributed by atoms with van der Waals surface area (Å²) in [5.74, 6) is -0.291. The number of nitrogens with one attached hydrogen (secondary N) is 1. The molecule has 0 unspecified atom stereocenters. The van der Waals surface area contributed by atoms with Gasteiger partial charge in [-0.15, -0.1) is 0 Å². The molecule has 24 heavy (non-hydrogen) atoms. The summed E-state index contributed by atoms with van der Waals surface area (Å²) in [4.78, 5) is 21.7. The van der Waals surface area contributed by atoms with Gasteiger partial charge in [0.2, 0.25) is 20.9 Å². The zero-order valence-electron chi connectivity index (χ0n) is 12.3. The summed E-state index contributed by atoms with van der Waals surface area (Å²) in [6, 6.07) is 0. The summed E-state index contributed by atoms with van der Waals surface area (Å²) in [5, 5.41) is 28.6. The number of aliphatic hydroxyl groups is 3. The Labute approximate surface area is 134 Å². The van der Waals surface area contributed by atoms with Crippen molar-refractivity contribution in [1.29, 1.82) is 0 Å². The smallest absolute Gasteiger partial charge is 0.280 e. The lowest BCUT2D eigenvalue weighted by atomic mass is 10.1. The maximum atomic E-state index is 12.0. The zero-order valence-corrected chi connectivity index (χ0v) is 13.1. The lowest BCUT2D eigenvalue weighted by Crippen LogP contribution is -2.33. The number of nitrogens with zero attached hydrogens (tertiary/aromatic N) is 3. The number of ether oxygens (including phenoxy) is 1. The van der Waals surface area contributed by atoms with Crippen molar-refractivity contribution in [2.45, 2.75) is 29.7 Å². The van der Waals surface area contributed by atoms with Gasteiger partial charge in [-0.3, -0.25) is 14.3 Å². The molecule has 0 radical (unpaired) electrons. The van der Waals surface area contributed by atoms with Crippen LogP contribution in [0.5, 0.6) is 0 Å². The van der Waals surface area contributed by atoms with Crippen LogP contribution in [0.4, 0.5) is 5.95 Å². The van der Waals surface area contributed by atoms with Gasteiger partial charge in [0.05, 0.1) is 6.61 Å². The van der Waals surface area contributed by atoms with Crippen molar-refractivity contribution in [3.05, 3.63) is 10.4 Å². The van der Waals surface area contributed by atoms with E-state index in [1.807, 2.05) is 0 Å². The van der Waals surface area contributed by atoms with Crippen molar-refractivity contribution in [1.82, 2.24) is 19.5 Å². The number of hydrogen-bond donors (Lipinski definition) is 5. The Balaban J connectivity index is 2.32. The van der Waals surface area contributed by atoms with Gasteiger partial charge in [0.25, 0.3) is 5.56 Å². The summed E-state index contributed by atoms with van der Waals surface area (Å²) in [7, 11) is -3.94. The third kappa shape index (κ3) is 2.46. The van der Waals surface area contributed by atoms with Crippen LogP contribution in [0.25, 0.3) is 11.2 Å². The van der Waals surface area contributed by atoms with Crippen LogP contribution < -0.4 is 11.3 Å². The highest BCUT2D eigenvalue weighted by molar-refractivity contribution is 7.90. The van der Waals surface area contributed by atoms with Crippen molar-refractivity contribution in [3.63, 3.8) is 0 Å². The number of nitrogens with two attached hydrogens (primary N) is 1. The van der Waals surface area contributed by atoms with Crippen molar-refractivity contribution >= 4 is 26.9 Å². The molecule has 0 amide bonds. The molecule has 1 saturated heterocycles. The monoisotopic (exact) mass is 361 g/mol. The fourth-order valence-electron chi connectivity index (χ4n) is 2.57. The van der Waals surface area contributed by atoms with E-state index in [9.17, 15) is 28.5 Å². The lowest BCUT2D eigenvalue weighted by molar-refractivity contribution is -0.0550. The number of aromatic amines is 1. The van der Waals surface area contributed by atoms with Gasteiger partial charge in [-0.1, -0.05) is 0 Å². The average Bonchev–Trinajstić information content (AvgIpc) is 2.98. The number of hydrogen-bond acceptors (Lipinski definition) is 10. The van der Waals surface area contributed by atoms with E-state index in [1.54, 1.807) is 0 Å². The van der Waals surface area contributed by atoms with Crippen LogP contribution >= 0.6 is 0 Å². The van der Waals surface area contributed by atoms with E-state index in [0.29, 0.717) is 0 Å². The van der Waals surface area contributed by atoms with E-state index in [-0.39, 0.29) is 17.1 Å². The van der Waals surface area contributed by atoms with E-state index in [1.165, 1.54) is 0 Å². The normalized spacial score (nSPS) is 27.8. The number of anilines is 1. The van der Waals surface area contributed by atoms with Crippen molar-refractivity contribution in [2.24, 2.45) is 0 Å². The minimum atomic E-state index is -3.94. The van der Waals surface area contributed by atoms with Gasteiger partial charge >= 0.3 is 0 Å². The predicted molar refractivity (Wildman–Crippen MR) is 78.7 cm³/mol. The molecule has 13 heteroatoms. The van der Waals surface area contributed by atoms with Crippen LogP contribution in [-0.4, -0.2) is 74.4 Å². The van der Waals surface area contributed by atoms with Crippen LogP contribution in [-0.2, 0) is 14.6 Å². The van der Waals surface area contributed by atoms with Gasteiger partial charge in [0.1, 0.15) is 18.3 Å². The fraction of sp³-hybridized carbons (Fsp3) is 0.545. The Morgan fingerprint density at radius 3 is 2.54 bits per heavy atom. The number of sulfone groups is 1. The van der Waals surface area contributed by atoms with Gasteiger partial charge < -0.3 is 25.8 Å². The third-order valence-corrected chi connectivity index (χ3v) is 4.59. The number of rotatable bonds is 3. The van der Waals surface area contributed by atoms with Crippen LogP contribution in [0.2, 0.25) is 0 Å². The molecule has 1 fully saturated rings. The Morgan fingerprint density at radius 1 is 1.33 bits per heavy atom. The van der Waals surface area contributed by atoms with Gasteiger partial charge in [0.15, 0.2) is 17.4 Å². The van der Waals surface area contributed by atoms with E-state index < -0.39 is 51.7 Å². The molecule has 2 aromatic rings. The van der Waals surface area contributed by atoms with Gasteiger partial charge in [-0.05, 0) is 0 Å². The lowest BCUT2D eigenvalue weighted by Gasteiger charge is -2.18. The molecule has 3 rings (SSSR count). The molecule has 0 saturated carbocycles. The van der Waals surface area contributed by atoms with Crippen LogP contribution in [0.3, 0.4) is 0 Å². The first kappa shape index (κ1) is 16.8. The van der Waals surface area contributed by atoms with Gasteiger partial charge in [-0.2, -0.15) is 4.98 Å². The second-order valence-corrected chi connectivity index (χ2v) is 7.30. The first-order chi connectivity index (χ1) is 11.1. The predicted octanol–water partition coefficient (Wildman–Crippen LogP) is -3.28. The minimum Gasteiger partial charge on any atom is -0.394 e. The Hall–Kier alpha value is -2.06. The summed E-state index contributed by atoms with van der Waals surface area (Å²) in [5.41, 5.74) is 4.16. The van der Waals surface area contributed by atoms with Crippen LogP contribution in [0.15, 0.2) is 9.95 Å². The number of nitrogen functional groups attached to an aromatic ring is 1. The second-order valence-electron chi connectivity index (χ2n) is 5.39. The third-order valence-electron chi connectivity index (χ3n) is 3.64. The number of fused-ring (bicyclic) bond motifs is 1. The van der Waals surface area contributed by atoms with Gasteiger partial charge in [0, 0.05) is 6.26 Å². The SMILES string of the molecule is CS(=O)(=O)c1nc2c(=O)[nH]c(N)nc2n1[C@@H]1O[C@H](CO)[C@@H](O)[C@H]1O. The quantitative estimate of drug-likeness (QED) is 0.370. The minimum absolute atomic E-state index is 0.230. The van der Waals surface area contributed by atoms with Crippen LogP contribution in [0.1, 0.15) is 6.23 Å². The Kier molecular flexibility index (Phi) is 3.84. The first-order valence-electron chi connectivity index (χ1n) is 6.75. The summed E-state index contributed by atoms with van der Waals surface area (Å²) in [6.07, 6.45) is -4.77. The Bertz CT molecular complexity index is 952. The highest BCUT2D eigenvalue weighted by Crippen LogP contribution is 2.33. The number of aliphatic hydroxyl groups excluding tert-OH is 3. The molecule has 1 aliphatic rings. The van der Waals surface area contributed by atoms with E-state index in [4.69, 9.17) is 10.5 Å². The molecule has 0 aromatic carbocycles.